The van der Waals surface area contributed by atoms with Crippen molar-refractivity contribution < 1.29 is 9.59 Å². The number of carbonyl (C=O) groups excluding carboxylic acids is 2. The lowest BCUT2D eigenvalue weighted by Crippen LogP contribution is -2.65. The van der Waals surface area contributed by atoms with E-state index in [1.54, 1.807) is 0 Å². The molecule has 2 amide bonds. The van der Waals surface area contributed by atoms with E-state index in [1.165, 1.54) is 0 Å². The highest BCUT2D eigenvalue weighted by Crippen LogP contribution is 2.34. The van der Waals surface area contributed by atoms with Gasteiger partial charge in [0, 0.05) is 6.04 Å². The van der Waals surface area contributed by atoms with Crippen molar-refractivity contribution in [3.05, 3.63) is 0 Å². The van der Waals surface area contributed by atoms with Crippen molar-refractivity contribution in [1.29, 1.82) is 0 Å². The largest absolute Gasteiger partial charge is 0.343 e. The van der Waals surface area contributed by atoms with Gasteiger partial charge < -0.3 is 10.2 Å². The van der Waals surface area contributed by atoms with Gasteiger partial charge in [0.1, 0.15) is 12.1 Å². The lowest BCUT2D eigenvalue weighted by Gasteiger charge is -2.45. The van der Waals surface area contributed by atoms with Crippen LogP contribution in [0.1, 0.15) is 53.4 Å². The SMILES string of the molecule is CCC1NC(=O)C(C)N(C2CCC(C)C(C)C2)C1=O. The molecule has 0 aromatic rings. The van der Waals surface area contributed by atoms with Gasteiger partial charge >= 0.3 is 0 Å². The first-order valence-corrected chi connectivity index (χ1v) is 7.58. The Kier molecular flexibility index (Phi) is 4.16. The topological polar surface area (TPSA) is 49.4 Å². The second-order valence-electron chi connectivity index (χ2n) is 6.31. The fraction of sp³-hybridized carbons (Fsp3) is 0.867. The van der Waals surface area contributed by atoms with Crippen LogP contribution >= 0.6 is 0 Å². The Hall–Kier alpha value is -1.06. The number of hydrogen-bond acceptors (Lipinski definition) is 2. The maximum atomic E-state index is 12.5. The molecule has 5 atom stereocenters. The van der Waals surface area contributed by atoms with E-state index in [2.05, 4.69) is 19.2 Å². The van der Waals surface area contributed by atoms with Gasteiger partial charge in [-0.15, -0.1) is 0 Å². The minimum atomic E-state index is -0.321. The number of amides is 2. The molecule has 5 unspecified atom stereocenters. The molecule has 4 nitrogen and oxygen atoms in total. The normalized spacial score (nSPS) is 40.2. The molecule has 1 heterocycles. The van der Waals surface area contributed by atoms with Crippen LogP contribution in [0.4, 0.5) is 0 Å². The molecule has 0 bridgehead atoms. The Labute approximate surface area is 115 Å². The third-order valence-corrected chi connectivity index (χ3v) is 5.04. The molecule has 0 aromatic carbocycles. The van der Waals surface area contributed by atoms with Gasteiger partial charge in [-0.25, -0.2) is 0 Å². The Morgan fingerprint density at radius 1 is 1.16 bits per heavy atom. The van der Waals surface area contributed by atoms with Crippen LogP contribution in [0, 0.1) is 11.8 Å². The van der Waals surface area contributed by atoms with Crippen LogP contribution in [0.25, 0.3) is 0 Å². The molecular weight excluding hydrogens is 240 g/mol. The lowest BCUT2D eigenvalue weighted by molar-refractivity contribution is -0.152. The number of rotatable bonds is 2. The van der Waals surface area contributed by atoms with E-state index in [0.717, 1.165) is 25.2 Å². The average molecular weight is 266 g/mol. The van der Waals surface area contributed by atoms with Crippen molar-refractivity contribution >= 4 is 11.8 Å². The van der Waals surface area contributed by atoms with Crippen molar-refractivity contribution in [2.45, 2.75) is 71.5 Å². The van der Waals surface area contributed by atoms with Gasteiger partial charge in [-0.1, -0.05) is 20.8 Å². The molecule has 0 radical (unpaired) electrons. The Morgan fingerprint density at radius 2 is 1.84 bits per heavy atom. The van der Waals surface area contributed by atoms with Gasteiger partial charge in [-0.2, -0.15) is 0 Å². The highest BCUT2D eigenvalue weighted by molar-refractivity contribution is 5.96. The first-order chi connectivity index (χ1) is 8.95. The molecule has 2 fully saturated rings. The quantitative estimate of drug-likeness (QED) is 0.830. The van der Waals surface area contributed by atoms with E-state index in [9.17, 15) is 9.59 Å². The van der Waals surface area contributed by atoms with Crippen LogP contribution in [-0.2, 0) is 9.59 Å². The minimum absolute atomic E-state index is 0.00211. The number of nitrogens with zero attached hydrogens (tertiary/aromatic N) is 1. The molecule has 4 heteroatoms. The summed E-state index contributed by atoms with van der Waals surface area (Å²) in [7, 11) is 0. The van der Waals surface area contributed by atoms with Crippen LogP contribution in [0.15, 0.2) is 0 Å². The van der Waals surface area contributed by atoms with Gasteiger partial charge in [-0.3, -0.25) is 9.59 Å². The van der Waals surface area contributed by atoms with Gasteiger partial charge in [0.25, 0.3) is 0 Å². The van der Waals surface area contributed by atoms with Gasteiger partial charge in [0.05, 0.1) is 0 Å². The zero-order chi connectivity index (χ0) is 14.2. The van der Waals surface area contributed by atoms with Gasteiger partial charge in [-0.05, 0) is 44.4 Å². The molecule has 1 saturated heterocycles. The fourth-order valence-corrected chi connectivity index (χ4v) is 3.40. The molecule has 2 rings (SSSR count). The highest BCUT2D eigenvalue weighted by atomic mass is 16.2. The zero-order valence-electron chi connectivity index (χ0n) is 12.5. The van der Waals surface area contributed by atoms with Crippen LogP contribution < -0.4 is 5.32 Å². The van der Waals surface area contributed by atoms with E-state index < -0.39 is 0 Å². The van der Waals surface area contributed by atoms with Crippen LogP contribution in [0.3, 0.4) is 0 Å². The third-order valence-electron chi connectivity index (χ3n) is 5.04. The number of nitrogens with one attached hydrogen (secondary N) is 1. The molecule has 1 aliphatic heterocycles. The Balaban J connectivity index is 2.16. The standard InChI is InChI=1S/C15H26N2O2/c1-5-13-15(19)17(11(4)14(18)16-13)12-7-6-9(2)10(3)8-12/h9-13H,5-8H2,1-4H3,(H,16,18). The summed E-state index contributed by atoms with van der Waals surface area (Å²) in [6.45, 7) is 8.33. The maximum absolute atomic E-state index is 12.5. The third kappa shape index (κ3) is 2.63. The molecule has 2 aliphatic rings. The smallest absolute Gasteiger partial charge is 0.246 e. The number of carbonyl (C=O) groups is 2. The van der Waals surface area contributed by atoms with Crippen molar-refractivity contribution in [1.82, 2.24) is 10.2 Å². The van der Waals surface area contributed by atoms with E-state index in [-0.39, 0.29) is 29.9 Å². The molecule has 0 aromatic heterocycles. The van der Waals surface area contributed by atoms with Crippen LogP contribution in [0.5, 0.6) is 0 Å². The van der Waals surface area contributed by atoms with Gasteiger partial charge in [0.15, 0.2) is 0 Å². The summed E-state index contributed by atoms with van der Waals surface area (Å²) >= 11 is 0. The number of piperazine rings is 1. The Morgan fingerprint density at radius 3 is 2.42 bits per heavy atom. The molecule has 1 saturated carbocycles. The number of hydrogen-bond donors (Lipinski definition) is 1. The molecular formula is C15H26N2O2. The van der Waals surface area contributed by atoms with E-state index in [1.807, 2.05) is 18.7 Å². The second-order valence-corrected chi connectivity index (χ2v) is 6.31. The van der Waals surface area contributed by atoms with Crippen molar-refractivity contribution in [3.8, 4) is 0 Å². The van der Waals surface area contributed by atoms with Crippen molar-refractivity contribution in [2.24, 2.45) is 11.8 Å². The summed E-state index contributed by atoms with van der Waals surface area (Å²) in [4.78, 5) is 26.4. The second kappa shape index (κ2) is 5.51. The molecule has 1 N–H and O–H groups in total. The van der Waals surface area contributed by atoms with E-state index >= 15 is 0 Å². The molecule has 0 spiro atoms. The zero-order valence-corrected chi connectivity index (χ0v) is 12.5. The predicted octanol–water partition coefficient (Wildman–Crippen LogP) is 1.94. The lowest BCUT2D eigenvalue weighted by atomic mass is 9.78. The predicted molar refractivity (Wildman–Crippen MR) is 74.5 cm³/mol. The first-order valence-electron chi connectivity index (χ1n) is 7.58. The summed E-state index contributed by atoms with van der Waals surface area (Å²) in [5, 5.41) is 2.82. The van der Waals surface area contributed by atoms with Crippen molar-refractivity contribution in [3.63, 3.8) is 0 Å². The fourth-order valence-electron chi connectivity index (χ4n) is 3.40. The highest BCUT2D eigenvalue weighted by Gasteiger charge is 2.42. The monoisotopic (exact) mass is 266 g/mol. The summed E-state index contributed by atoms with van der Waals surface area (Å²) in [5.74, 6) is 1.46. The Bertz CT molecular complexity index is 369. The first kappa shape index (κ1) is 14.4. The van der Waals surface area contributed by atoms with Gasteiger partial charge in [0.2, 0.25) is 11.8 Å². The maximum Gasteiger partial charge on any atom is 0.246 e. The van der Waals surface area contributed by atoms with Crippen LogP contribution in [-0.4, -0.2) is 34.8 Å². The summed E-state index contributed by atoms with van der Waals surface area (Å²) in [6.07, 6.45) is 3.89. The molecule has 19 heavy (non-hydrogen) atoms. The van der Waals surface area contributed by atoms with E-state index in [0.29, 0.717) is 12.3 Å². The molecule has 108 valence electrons. The average Bonchev–Trinajstić information content (AvgIpc) is 2.38. The van der Waals surface area contributed by atoms with Crippen LogP contribution in [0.2, 0.25) is 0 Å². The molecule has 1 aliphatic carbocycles. The summed E-state index contributed by atoms with van der Waals surface area (Å²) < 4.78 is 0. The van der Waals surface area contributed by atoms with E-state index in [4.69, 9.17) is 0 Å². The van der Waals surface area contributed by atoms with Crippen molar-refractivity contribution in [2.75, 3.05) is 0 Å². The minimum Gasteiger partial charge on any atom is -0.343 e. The summed E-state index contributed by atoms with van der Waals surface area (Å²) in [5.41, 5.74) is 0. The summed E-state index contributed by atoms with van der Waals surface area (Å²) in [6, 6.07) is -0.395.